The quantitative estimate of drug-likeness (QED) is 0.781. The predicted molar refractivity (Wildman–Crippen MR) is 81.4 cm³/mol. The van der Waals surface area contributed by atoms with Crippen LogP contribution in [0.15, 0.2) is 36.0 Å². The van der Waals surface area contributed by atoms with Crippen molar-refractivity contribution < 1.29 is 0 Å². The first kappa shape index (κ1) is 11.9. The normalized spacial score (nSPS) is 15.9. The van der Waals surface area contributed by atoms with Crippen molar-refractivity contribution in [2.24, 2.45) is 0 Å². The van der Waals surface area contributed by atoms with Crippen LogP contribution in [0.25, 0.3) is 16.1 Å². The third kappa shape index (κ3) is 1.97. The van der Waals surface area contributed by atoms with E-state index in [0.29, 0.717) is 0 Å². The predicted octanol–water partition coefficient (Wildman–Crippen LogP) is 1.87. The van der Waals surface area contributed by atoms with Crippen LogP contribution in [0.5, 0.6) is 0 Å². The minimum atomic E-state index is 0.992. The van der Waals surface area contributed by atoms with Gasteiger partial charge in [0.05, 0.1) is 4.88 Å². The zero-order valence-electron chi connectivity index (χ0n) is 11.0. The Bertz CT molecular complexity index is 712. The molecule has 3 aromatic rings. The van der Waals surface area contributed by atoms with Crippen LogP contribution in [0.2, 0.25) is 0 Å². The van der Waals surface area contributed by atoms with Gasteiger partial charge in [-0.1, -0.05) is 6.07 Å². The van der Waals surface area contributed by atoms with E-state index in [1.807, 2.05) is 16.9 Å². The Morgan fingerprint density at radius 3 is 2.95 bits per heavy atom. The Kier molecular flexibility index (Phi) is 2.90. The molecule has 0 atom stereocenters. The number of piperazine rings is 1. The smallest absolute Gasteiger partial charge is 0.154 e. The van der Waals surface area contributed by atoms with Crippen LogP contribution in [-0.2, 0) is 0 Å². The lowest BCUT2D eigenvalue weighted by Gasteiger charge is -2.28. The molecule has 1 fully saturated rings. The number of hydrogen-bond donors (Lipinski definition) is 1. The maximum atomic E-state index is 4.66. The summed E-state index contributed by atoms with van der Waals surface area (Å²) in [7, 11) is 0. The maximum absolute atomic E-state index is 4.66. The average molecular weight is 285 g/mol. The first-order valence-electron chi connectivity index (χ1n) is 6.76. The Hall–Kier alpha value is -1.92. The van der Waals surface area contributed by atoms with Crippen LogP contribution >= 0.6 is 11.3 Å². The van der Waals surface area contributed by atoms with Gasteiger partial charge in [-0.15, -0.1) is 11.3 Å². The van der Waals surface area contributed by atoms with Crippen LogP contribution in [0.4, 0.5) is 5.82 Å². The molecule has 0 spiro atoms. The van der Waals surface area contributed by atoms with Crippen molar-refractivity contribution >= 4 is 22.7 Å². The van der Waals surface area contributed by atoms with E-state index in [4.69, 9.17) is 0 Å². The van der Waals surface area contributed by atoms with Gasteiger partial charge in [-0.25, -0.2) is 9.50 Å². The van der Waals surface area contributed by atoms with Gasteiger partial charge in [0.2, 0.25) is 0 Å². The van der Waals surface area contributed by atoms with Crippen molar-refractivity contribution in [3.63, 3.8) is 0 Å². The Balaban J connectivity index is 1.81. The molecule has 0 aromatic carbocycles. The van der Waals surface area contributed by atoms with Crippen LogP contribution in [-0.4, -0.2) is 40.8 Å². The van der Waals surface area contributed by atoms with E-state index in [1.54, 1.807) is 11.3 Å². The first-order chi connectivity index (χ1) is 9.92. The molecular weight excluding hydrogens is 270 g/mol. The Morgan fingerprint density at radius 2 is 2.15 bits per heavy atom. The van der Waals surface area contributed by atoms with Gasteiger partial charge in [-0.05, 0) is 17.5 Å². The molecule has 102 valence electrons. The van der Waals surface area contributed by atoms with Crippen molar-refractivity contribution in [2.75, 3.05) is 31.1 Å². The molecule has 6 heteroatoms. The fourth-order valence-electron chi connectivity index (χ4n) is 2.57. The topological polar surface area (TPSA) is 45.5 Å². The highest BCUT2D eigenvalue weighted by Gasteiger charge is 2.16. The summed E-state index contributed by atoms with van der Waals surface area (Å²) >= 11 is 1.71. The van der Waals surface area contributed by atoms with Crippen molar-refractivity contribution in [1.82, 2.24) is 19.9 Å². The minimum Gasteiger partial charge on any atom is -0.352 e. The van der Waals surface area contributed by atoms with Gasteiger partial charge in [-0.3, -0.25) is 0 Å². The van der Waals surface area contributed by atoms with E-state index < -0.39 is 0 Å². The van der Waals surface area contributed by atoms with Crippen LogP contribution in [0.1, 0.15) is 0 Å². The van der Waals surface area contributed by atoms with Crippen molar-refractivity contribution in [1.29, 1.82) is 0 Å². The summed E-state index contributed by atoms with van der Waals surface area (Å²) in [6, 6.07) is 6.29. The van der Waals surface area contributed by atoms with E-state index in [1.165, 1.54) is 4.88 Å². The summed E-state index contributed by atoms with van der Waals surface area (Å²) in [4.78, 5) is 8.09. The van der Waals surface area contributed by atoms with Gasteiger partial charge in [0, 0.05) is 38.6 Å². The zero-order valence-corrected chi connectivity index (χ0v) is 11.8. The van der Waals surface area contributed by atoms with Crippen LogP contribution in [0, 0.1) is 0 Å². The molecule has 0 radical (unpaired) electrons. The van der Waals surface area contributed by atoms with Gasteiger partial charge in [0.25, 0.3) is 0 Å². The van der Waals surface area contributed by atoms with Crippen molar-refractivity contribution in [2.45, 2.75) is 0 Å². The Morgan fingerprint density at radius 1 is 1.25 bits per heavy atom. The molecule has 1 aliphatic rings. The standard InChI is InChI=1S/C14H15N5S/c1-2-13(20-9-1)11-10-12-14(16-5-8-19(12)17-11)18-6-3-15-4-7-18/h1-2,5,8-10,15H,3-4,6-7H2. The van der Waals surface area contributed by atoms with Crippen LogP contribution < -0.4 is 10.2 Å². The lowest BCUT2D eigenvalue weighted by atomic mass is 10.3. The third-order valence-corrected chi connectivity index (χ3v) is 4.45. The van der Waals surface area contributed by atoms with Crippen LogP contribution in [0.3, 0.4) is 0 Å². The first-order valence-corrected chi connectivity index (χ1v) is 7.64. The van der Waals surface area contributed by atoms with E-state index in [9.17, 15) is 0 Å². The second-order valence-electron chi connectivity index (χ2n) is 4.82. The van der Waals surface area contributed by atoms with Gasteiger partial charge in [0.1, 0.15) is 11.2 Å². The highest BCUT2D eigenvalue weighted by Crippen LogP contribution is 2.27. The molecular formula is C14H15N5S. The van der Waals surface area contributed by atoms with Gasteiger partial charge < -0.3 is 10.2 Å². The minimum absolute atomic E-state index is 0.992. The highest BCUT2D eigenvalue weighted by atomic mass is 32.1. The SMILES string of the molecule is c1csc(-c2cc3c(N4CCNCC4)nccn3n2)c1. The van der Waals surface area contributed by atoms with Gasteiger partial charge >= 0.3 is 0 Å². The second kappa shape index (κ2) is 4.88. The van der Waals surface area contributed by atoms with E-state index in [2.05, 4.69) is 43.9 Å². The molecule has 1 saturated heterocycles. The maximum Gasteiger partial charge on any atom is 0.154 e. The molecule has 3 aromatic heterocycles. The zero-order chi connectivity index (χ0) is 13.4. The molecule has 0 aliphatic carbocycles. The molecule has 0 saturated carbocycles. The molecule has 5 nitrogen and oxygen atoms in total. The number of anilines is 1. The highest BCUT2D eigenvalue weighted by molar-refractivity contribution is 7.13. The molecule has 4 rings (SSSR count). The number of hydrogen-bond acceptors (Lipinski definition) is 5. The second-order valence-corrected chi connectivity index (χ2v) is 5.77. The average Bonchev–Trinajstić information content (AvgIpc) is 3.16. The third-order valence-electron chi connectivity index (χ3n) is 3.56. The summed E-state index contributed by atoms with van der Waals surface area (Å²) in [6.07, 6.45) is 3.74. The summed E-state index contributed by atoms with van der Waals surface area (Å²) in [6.45, 7) is 4.00. The number of fused-ring (bicyclic) bond motifs is 1. The summed E-state index contributed by atoms with van der Waals surface area (Å²) in [5.41, 5.74) is 2.10. The van der Waals surface area contributed by atoms with Crippen molar-refractivity contribution in [3.05, 3.63) is 36.0 Å². The lowest BCUT2D eigenvalue weighted by molar-refractivity contribution is 0.585. The fraction of sp³-hybridized carbons (Fsp3) is 0.286. The fourth-order valence-corrected chi connectivity index (χ4v) is 3.25. The lowest BCUT2D eigenvalue weighted by Crippen LogP contribution is -2.44. The van der Waals surface area contributed by atoms with E-state index in [-0.39, 0.29) is 0 Å². The number of rotatable bonds is 2. The number of nitrogens with one attached hydrogen (secondary N) is 1. The summed E-state index contributed by atoms with van der Waals surface area (Å²) < 4.78 is 1.93. The molecule has 20 heavy (non-hydrogen) atoms. The number of nitrogens with zero attached hydrogens (tertiary/aromatic N) is 4. The van der Waals surface area contributed by atoms with E-state index in [0.717, 1.165) is 43.2 Å². The summed E-state index contributed by atoms with van der Waals surface area (Å²) in [5, 5.41) is 10.1. The van der Waals surface area contributed by atoms with Gasteiger partial charge in [-0.2, -0.15) is 5.10 Å². The molecule has 0 bridgehead atoms. The number of thiophene rings is 1. The molecule has 1 N–H and O–H groups in total. The largest absolute Gasteiger partial charge is 0.352 e. The molecule has 0 amide bonds. The monoisotopic (exact) mass is 285 g/mol. The van der Waals surface area contributed by atoms with Gasteiger partial charge in [0.15, 0.2) is 5.82 Å². The number of aromatic nitrogens is 3. The molecule has 0 unspecified atom stereocenters. The Labute approximate surface area is 120 Å². The van der Waals surface area contributed by atoms with E-state index >= 15 is 0 Å². The molecule has 4 heterocycles. The summed E-state index contributed by atoms with van der Waals surface area (Å²) in [5.74, 6) is 1.03. The van der Waals surface area contributed by atoms with Crippen molar-refractivity contribution in [3.8, 4) is 10.6 Å². The molecule has 1 aliphatic heterocycles.